The van der Waals surface area contributed by atoms with Gasteiger partial charge in [-0.05, 0) is 49.5 Å². The highest BCUT2D eigenvalue weighted by molar-refractivity contribution is 7.12. The van der Waals surface area contributed by atoms with Crippen molar-refractivity contribution < 1.29 is 14.0 Å². The quantitative estimate of drug-likeness (QED) is 0.681. The molecule has 0 radical (unpaired) electrons. The van der Waals surface area contributed by atoms with Crippen molar-refractivity contribution in [3.8, 4) is 0 Å². The summed E-state index contributed by atoms with van der Waals surface area (Å²) in [5, 5.41) is 7.79. The highest BCUT2D eigenvalue weighted by atomic mass is 35.5. The molecule has 150 valence electrons. The fraction of sp³-hybridized carbons (Fsp3) is 0.400. The van der Waals surface area contributed by atoms with E-state index in [9.17, 15) is 14.0 Å². The Morgan fingerprint density at radius 3 is 2.64 bits per heavy atom. The minimum Gasteiger partial charge on any atom is -0.354 e. The van der Waals surface area contributed by atoms with Crippen LogP contribution in [0.4, 0.5) is 4.39 Å². The van der Waals surface area contributed by atoms with Gasteiger partial charge in [-0.3, -0.25) is 14.5 Å². The Morgan fingerprint density at radius 1 is 1.18 bits per heavy atom. The summed E-state index contributed by atoms with van der Waals surface area (Å²) in [4.78, 5) is 26.9. The number of nitrogens with zero attached hydrogens (tertiary/aromatic N) is 1. The first-order valence-corrected chi connectivity index (χ1v) is 10.6. The van der Waals surface area contributed by atoms with Gasteiger partial charge in [-0.1, -0.05) is 23.7 Å². The Kier molecular flexibility index (Phi) is 7.42. The van der Waals surface area contributed by atoms with Gasteiger partial charge in [-0.15, -0.1) is 11.3 Å². The summed E-state index contributed by atoms with van der Waals surface area (Å²) in [7, 11) is 0. The van der Waals surface area contributed by atoms with Gasteiger partial charge < -0.3 is 10.6 Å². The lowest BCUT2D eigenvalue weighted by Gasteiger charge is -2.29. The molecule has 0 bridgehead atoms. The third kappa shape index (κ3) is 5.31. The monoisotopic (exact) mass is 423 g/mol. The number of carbonyl (C=O) groups excluding carboxylic acids is 2. The predicted molar refractivity (Wildman–Crippen MR) is 109 cm³/mol. The Bertz CT molecular complexity index is 790. The van der Waals surface area contributed by atoms with Gasteiger partial charge in [0.25, 0.3) is 5.91 Å². The van der Waals surface area contributed by atoms with Crippen molar-refractivity contribution in [1.29, 1.82) is 0 Å². The van der Waals surface area contributed by atoms with E-state index in [1.54, 1.807) is 24.3 Å². The highest BCUT2D eigenvalue weighted by Crippen LogP contribution is 2.31. The van der Waals surface area contributed by atoms with E-state index in [1.807, 2.05) is 5.38 Å². The van der Waals surface area contributed by atoms with Crippen LogP contribution < -0.4 is 10.6 Å². The zero-order chi connectivity index (χ0) is 19.9. The summed E-state index contributed by atoms with van der Waals surface area (Å²) in [6.45, 7) is 2.22. The second-order valence-corrected chi connectivity index (χ2v) is 8.04. The SMILES string of the molecule is O=C(CCNC(=O)c1cccs1)NC[C@H](c1c(F)cccc1Cl)N1CCCC1. The number of amides is 2. The third-order valence-corrected chi connectivity index (χ3v) is 5.99. The summed E-state index contributed by atoms with van der Waals surface area (Å²) in [5.74, 6) is -0.735. The molecular weight excluding hydrogens is 401 g/mol. The number of benzene rings is 1. The lowest BCUT2D eigenvalue weighted by atomic mass is 10.0. The Balaban J connectivity index is 1.54. The molecule has 2 heterocycles. The lowest BCUT2D eigenvalue weighted by molar-refractivity contribution is -0.121. The van der Waals surface area contributed by atoms with Crippen LogP contribution in [0, 0.1) is 5.82 Å². The van der Waals surface area contributed by atoms with Crippen LogP contribution >= 0.6 is 22.9 Å². The van der Waals surface area contributed by atoms with E-state index in [2.05, 4.69) is 15.5 Å². The Labute approximate surface area is 172 Å². The van der Waals surface area contributed by atoms with Crippen molar-refractivity contribution in [2.75, 3.05) is 26.2 Å². The number of hydrogen-bond acceptors (Lipinski definition) is 4. The normalized spacial score (nSPS) is 15.4. The fourth-order valence-corrected chi connectivity index (χ4v) is 4.31. The van der Waals surface area contributed by atoms with Crippen LogP contribution in [-0.2, 0) is 4.79 Å². The molecule has 0 spiro atoms. The first-order valence-electron chi connectivity index (χ1n) is 9.32. The van der Waals surface area contributed by atoms with Gasteiger partial charge >= 0.3 is 0 Å². The molecule has 28 heavy (non-hydrogen) atoms. The van der Waals surface area contributed by atoms with E-state index >= 15 is 0 Å². The molecule has 1 aliphatic heterocycles. The van der Waals surface area contributed by atoms with Crippen molar-refractivity contribution in [3.05, 3.63) is 57.0 Å². The third-order valence-electron chi connectivity index (χ3n) is 4.79. The second kappa shape index (κ2) is 10.0. The number of rotatable bonds is 8. The summed E-state index contributed by atoms with van der Waals surface area (Å²) < 4.78 is 14.4. The van der Waals surface area contributed by atoms with E-state index in [0.29, 0.717) is 15.5 Å². The molecule has 0 saturated carbocycles. The molecule has 3 rings (SSSR count). The van der Waals surface area contributed by atoms with Gasteiger partial charge in [0.15, 0.2) is 0 Å². The largest absolute Gasteiger partial charge is 0.354 e. The van der Waals surface area contributed by atoms with Crippen LogP contribution in [0.3, 0.4) is 0 Å². The Hall–Kier alpha value is -1.96. The summed E-state index contributed by atoms with van der Waals surface area (Å²) in [6, 6.07) is 7.88. The van der Waals surface area contributed by atoms with Crippen molar-refractivity contribution >= 4 is 34.8 Å². The minimum atomic E-state index is -0.359. The van der Waals surface area contributed by atoms with Crippen molar-refractivity contribution in [2.45, 2.75) is 25.3 Å². The van der Waals surface area contributed by atoms with E-state index in [-0.39, 0.29) is 43.2 Å². The predicted octanol–water partition coefficient (Wildman–Crippen LogP) is 3.61. The van der Waals surface area contributed by atoms with Gasteiger partial charge in [0, 0.05) is 30.1 Å². The first-order chi connectivity index (χ1) is 13.6. The lowest BCUT2D eigenvalue weighted by Crippen LogP contribution is -2.38. The molecule has 2 N–H and O–H groups in total. The van der Waals surface area contributed by atoms with E-state index in [1.165, 1.54) is 17.4 Å². The molecule has 8 heteroatoms. The van der Waals surface area contributed by atoms with Crippen LogP contribution in [0.25, 0.3) is 0 Å². The molecule has 2 amide bonds. The zero-order valence-electron chi connectivity index (χ0n) is 15.4. The maximum absolute atomic E-state index is 14.4. The molecule has 1 saturated heterocycles. The van der Waals surface area contributed by atoms with E-state index < -0.39 is 0 Å². The number of halogens is 2. The summed E-state index contributed by atoms with van der Waals surface area (Å²) >= 11 is 7.61. The van der Waals surface area contributed by atoms with Crippen LogP contribution in [0.15, 0.2) is 35.7 Å². The number of hydrogen-bond donors (Lipinski definition) is 2. The average Bonchev–Trinajstić information content (AvgIpc) is 3.38. The highest BCUT2D eigenvalue weighted by Gasteiger charge is 2.28. The average molecular weight is 424 g/mol. The molecule has 1 atom stereocenters. The molecular formula is C20H23ClFN3O2S. The molecule has 0 unspecified atom stereocenters. The standard InChI is InChI=1S/C20H23ClFN3O2S/c21-14-5-3-6-15(22)19(14)16(25-10-1-2-11-25)13-24-18(26)8-9-23-20(27)17-7-4-12-28-17/h3-7,12,16H,1-2,8-11,13H2,(H,23,27)(H,24,26)/t16-/m1/s1. The van der Waals surface area contributed by atoms with E-state index in [0.717, 1.165) is 25.9 Å². The van der Waals surface area contributed by atoms with Gasteiger partial charge in [0.05, 0.1) is 10.9 Å². The molecule has 1 aromatic heterocycles. The van der Waals surface area contributed by atoms with Crippen molar-refractivity contribution in [2.24, 2.45) is 0 Å². The fourth-order valence-electron chi connectivity index (χ4n) is 3.38. The van der Waals surface area contributed by atoms with Crippen LogP contribution in [-0.4, -0.2) is 42.9 Å². The minimum absolute atomic E-state index is 0.162. The molecule has 1 fully saturated rings. The molecule has 1 aliphatic rings. The number of nitrogens with one attached hydrogen (secondary N) is 2. The second-order valence-electron chi connectivity index (χ2n) is 6.68. The molecule has 5 nitrogen and oxygen atoms in total. The molecule has 1 aromatic carbocycles. The maximum atomic E-state index is 14.4. The molecule has 0 aliphatic carbocycles. The summed E-state index contributed by atoms with van der Waals surface area (Å²) in [6.07, 6.45) is 2.26. The number of carbonyl (C=O) groups is 2. The van der Waals surface area contributed by atoms with Gasteiger partial charge in [0.2, 0.25) is 5.91 Å². The number of likely N-dealkylation sites (tertiary alicyclic amines) is 1. The van der Waals surface area contributed by atoms with E-state index in [4.69, 9.17) is 11.6 Å². The van der Waals surface area contributed by atoms with Crippen molar-refractivity contribution in [3.63, 3.8) is 0 Å². The Morgan fingerprint density at radius 2 is 1.96 bits per heavy atom. The van der Waals surface area contributed by atoms with Crippen LogP contribution in [0.5, 0.6) is 0 Å². The first kappa shape index (κ1) is 20.8. The smallest absolute Gasteiger partial charge is 0.261 e. The molecule has 2 aromatic rings. The maximum Gasteiger partial charge on any atom is 0.261 e. The topological polar surface area (TPSA) is 61.4 Å². The van der Waals surface area contributed by atoms with Crippen LogP contribution in [0.1, 0.15) is 40.5 Å². The number of thiophene rings is 1. The van der Waals surface area contributed by atoms with Gasteiger partial charge in [-0.25, -0.2) is 4.39 Å². The van der Waals surface area contributed by atoms with Gasteiger partial charge in [0.1, 0.15) is 5.82 Å². The van der Waals surface area contributed by atoms with Crippen LogP contribution in [0.2, 0.25) is 5.02 Å². The summed E-state index contributed by atoms with van der Waals surface area (Å²) in [5.41, 5.74) is 0.428. The van der Waals surface area contributed by atoms with Crippen molar-refractivity contribution in [1.82, 2.24) is 15.5 Å². The zero-order valence-corrected chi connectivity index (χ0v) is 17.0. The van der Waals surface area contributed by atoms with Gasteiger partial charge in [-0.2, -0.15) is 0 Å².